The molecule has 1 aliphatic rings. The van der Waals surface area contributed by atoms with Crippen LogP contribution < -0.4 is 10.2 Å². The van der Waals surface area contributed by atoms with Crippen LogP contribution in [0.1, 0.15) is 26.2 Å². The van der Waals surface area contributed by atoms with E-state index in [0.717, 1.165) is 32.4 Å². The third kappa shape index (κ3) is 3.71. The minimum Gasteiger partial charge on any atom is -0.362 e. The third-order valence-electron chi connectivity index (χ3n) is 3.70. The molecule has 1 atom stereocenters. The summed E-state index contributed by atoms with van der Waals surface area (Å²) in [4.78, 5) is 12.8. The normalized spacial score (nSPS) is 18.5. The van der Waals surface area contributed by atoms with Gasteiger partial charge in [-0.1, -0.05) is 6.92 Å². The Morgan fingerprint density at radius 2 is 2.33 bits per heavy atom. The Hall–Kier alpha value is -1.21. The van der Waals surface area contributed by atoms with E-state index >= 15 is 0 Å². The molecule has 0 aromatic heterocycles. The second kappa shape index (κ2) is 7.17. The molecule has 1 fully saturated rings. The lowest BCUT2D eigenvalue weighted by atomic mass is 10.0. The van der Waals surface area contributed by atoms with Crippen LogP contribution in [0.15, 0.2) is 16.6 Å². The van der Waals surface area contributed by atoms with E-state index < -0.39 is 10.7 Å². The lowest BCUT2D eigenvalue weighted by molar-refractivity contribution is -0.384. The zero-order valence-corrected chi connectivity index (χ0v) is 13.5. The third-order valence-corrected chi connectivity index (χ3v) is 4.31. The molecule has 0 bridgehead atoms. The number of benzene rings is 1. The van der Waals surface area contributed by atoms with Crippen molar-refractivity contribution in [3.05, 3.63) is 32.5 Å². The van der Waals surface area contributed by atoms with Crippen molar-refractivity contribution in [3.8, 4) is 0 Å². The van der Waals surface area contributed by atoms with Gasteiger partial charge in [0.25, 0.3) is 5.69 Å². The highest BCUT2D eigenvalue weighted by atomic mass is 79.9. The van der Waals surface area contributed by atoms with Gasteiger partial charge in [0.05, 0.1) is 9.40 Å². The number of hydrogen-bond acceptors (Lipinski definition) is 4. The van der Waals surface area contributed by atoms with Crippen molar-refractivity contribution in [2.75, 3.05) is 24.5 Å². The van der Waals surface area contributed by atoms with Crippen molar-refractivity contribution >= 4 is 27.3 Å². The molecule has 7 heteroatoms. The second-order valence-corrected chi connectivity index (χ2v) is 6.06. The number of nitrogens with zero attached hydrogens (tertiary/aromatic N) is 2. The van der Waals surface area contributed by atoms with Crippen molar-refractivity contribution in [1.29, 1.82) is 0 Å². The Morgan fingerprint density at radius 1 is 1.57 bits per heavy atom. The SMILES string of the molecule is CCCN(c1cc(F)c(Br)cc1[N+](=O)[O-])C1CCCNC1. The highest BCUT2D eigenvalue weighted by Crippen LogP contribution is 2.35. The average Bonchev–Trinajstić information content (AvgIpc) is 2.48. The summed E-state index contributed by atoms with van der Waals surface area (Å²) in [6.45, 7) is 4.43. The fourth-order valence-corrected chi connectivity index (χ4v) is 3.07. The molecule has 1 saturated heterocycles. The summed E-state index contributed by atoms with van der Waals surface area (Å²) in [5.74, 6) is -0.472. The van der Waals surface area contributed by atoms with E-state index in [1.165, 1.54) is 12.1 Å². The highest BCUT2D eigenvalue weighted by molar-refractivity contribution is 9.10. The molecule has 0 radical (unpaired) electrons. The molecule has 1 heterocycles. The van der Waals surface area contributed by atoms with Gasteiger partial charge >= 0.3 is 0 Å². The van der Waals surface area contributed by atoms with E-state index in [9.17, 15) is 14.5 Å². The number of nitro benzene ring substituents is 1. The molecular weight excluding hydrogens is 341 g/mol. The number of halogens is 2. The monoisotopic (exact) mass is 359 g/mol. The van der Waals surface area contributed by atoms with E-state index in [4.69, 9.17) is 0 Å². The Labute approximate surface area is 131 Å². The first-order valence-corrected chi connectivity index (χ1v) is 7.94. The molecule has 1 aliphatic heterocycles. The van der Waals surface area contributed by atoms with Crippen LogP contribution in [0.5, 0.6) is 0 Å². The number of rotatable bonds is 5. The van der Waals surface area contributed by atoms with Gasteiger partial charge in [0.15, 0.2) is 0 Å². The Bertz CT molecular complexity index is 521. The quantitative estimate of drug-likeness (QED) is 0.645. The van der Waals surface area contributed by atoms with Gasteiger partial charge in [-0.15, -0.1) is 0 Å². The largest absolute Gasteiger partial charge is 0.362 e. The summed E-state index contributed by atoms with van der Waals surface area (Å²) in [6, 6.07) is 2.69. The summed E-state index contributed by atoms with van der Waals surface area (Å²) < 4.78 is 14.0. The average molecular weight is 360 g/mol. The molecule has 1 aromatic rings. The molecule has 116 valence electrons. The number of anilines is 1. The first-order chi connectivity index (χ1) is 10.0. The van der Waals surface area contributed by atoms with E-state index in [2.05, 4.69) is 21.2 Å². The Kier molecular flexibility index (Phi) is 5.52. The zero-order chi connectivity index (χ0) is 15.4. The Morgan fingerprint density at radius 3 is 2.90 bits per heavy atom. The summed E-state index contributed by atoms with van der Waals surface area (Å²) in [5, 5.41) is 14.6. The van der Waals surface area contributed by atoms with Crippen LogP contribution in [0.25, 0.3) is 0 Å². The maximum absolute atomic E-state index is 13.9. The first kappa shape index (κ1) is 16.2. The topological polar surface area (TPSA) is 58.4 Å². The number of piperidine rings is 1. The molecule has 0 saturated carbocycles. The molecule has 5 nitrogen and oxygen atoms in total. The Balaban J connectivity index is 2.42. The summed E-state index contributed by atoms with van der Waals surface area (Å²) in [7, 11) is 0. The van der Waals surface area contributed by atoms with Crippen molar-refractivity contribution < 1.29 is 9.31 Å². The van der Waals surface area contributed by atoms with Crippen molar-refractivity contribution in [2.45, 2.75) is 32.2 Å². The van der Waals surface area contributed by atoms with Gasteiger partial charge in [0.1, 0.15) is 11.5 Å². The predicted molar refractivity (Wildman–Crippen MR) is 84.3 cm³/mol. The van der Waals surface area contributed by atoms with Crippen molar-refractivity contribution in [2.24, 2.45) is 0 Å². The van der Waals surface area contributed by atoms with Gasteiger partial charge in [-0.25, -0.2) is 4.39 Å². The van der Waals surface area contributed by atoms with Crippen LogP contribution in [0.2, 0.25) is 0 Å². The molecule has 0 amide bonds. The van der Waals surface area contributed by atoms with Gasteiger partial charge in [-0.3, -0.25) is 10.1 Å². The molecule has 2 rings (SSSR count). The number of hydrogen-bond donors (Lipinski definition) is 1. The van der Waals surface area contributed by atoms with Crippen LogP contribution in [0.4, 0.5) is 15.8 Å². The van der Waals surface area contributed by atoms with Crippen LogP contribution in [-0.2, 0) is 0 Å². The first-order valence-electron chi connectivity index (χ1n) is 7.15. The van der Waals surface area contributed by atoms with Crippen LogP contribution in [0, 0.1) is 15.9 Å². The fourth-order valence-electron chi connectivity index (χ4n) is 2.74. The molecule has 0 spiro atoms. The molecule has 1 N–H and O–H groups in total. The van der Waals surface area contributed by atoms with Crippen LogP contribution in [-0.4, -0.2) is 30.6 Å². The molecule has 1 unspecified atom stereocenters. The van der Waals surface area contributed by atoms with E-state index in [-0.39, 0.29) is 16.2 Å². The summed E-state index contributed by atoms with van der Waals surface area (Å²) in [6.07, 6.45) is 2.84. The zero-order valence-electron chi connectivity index (χ0n) is 11.9. The van der Waals surface area contributed by atoms with Gasteiger partial charge in [-0.2, -0.15) is 0 Å². The highest BCUT2D eigenvalue weighted by Gasteiger charge is 2.28. The van der Waals surface area contributed by atoms with Gasteiger partial charge in [-0.05, 0) is 41.7 Å². The smallest absolute Gasteiger partial charge is 0.293 e. The number of nitro groups is 1. The van der Waals surface area contributed by atoms with Crippen LogP contribution >= 0.6 is 15.9 Å². The van der Waals surface area contributed by atoms with E-state index in [0.29, 0.717) is 12.2 Å². The number of nitrogens with one attached hydrogen (secondary N) is 1. The second-order valence-electron chi connectivity index (χ2n) is 5.21. The fraction of sp³-hybridized carbons (Fsp3) is 0.571. The summed E-state index contributed by atoms with van der Waals surface area (Å²) >= 11 is 3.02. The standard InChI is InChI=1S/C14H19BrFN3O2/c1-2-6-18(10-4-3-5-17-9-10)13-8-12(16)11(15)7-14(13)19(20)21/h7-8,10,17H,2-6,9H2,1H3. The predicted octanol–water partition coefficient (Wildman–Crippen LogP) is 3.46. The lowest BCUT2D eigenvalue weighted by Gasteiger charge is -2.36. The molecule has 0 aliphatic carbocycles. The summed E-state index contributed by atoms with van der Waals surface area (Å²) in [5.41, 5.74) is 0.318. The lowest BCUT2D eigenvalue weighted by Crippen LogP contribution is -2.46. The minimum atomic E-state index is -0.472. The maximum Gasteiger partial charge on any atom is 0.293 e. The minimum absolute atomic E-state index is 0.0534. The van der Waals surface area contributed by atoms with E-state index in [1.54, 1.807) is 0 Å². The van der Waals surface area contributed by atoms with E-state index in [1.807, 2.05) is 11.8 Å². The maximum atomic E-state index is 13.9. The van der Waals surface area contributed by atoms with Crippen molar-refractivity contribution in [1.82, 2.24) is 5.32 Å². The molecule has 21 heavy (non-hydrogen) atoms. The van der Waals surface area contributed by atoms with Crippen molar-refractivity contribution in [3.63, 3.8) is 0 Å². The molecule has 1 aromatic carbocycles. The molecular formula is C14H19BrFN3O2. The van der Waals surface area contributed by atoms with Gasteiger partial charge < -0.3 is 10.2 Å². The van der Waals surface area contributed by atoms with Gasteiger partial charge in [0.2, 0.25) is 0 Å². The van der Waals surface area contributed by atoms with Gasteiger partial charge in [0, 0.05) is 31.3 Å². The van der Waals surface area contributed by atoms with Crippen LogP contribution in [0.3, 0.4) is 0 Å².